The molecule has 0 amide bonds. The predicted octanol–water partition coefficient (Wildman–Crippen LogP) is 3.93. The highest BCUT2D eigenvalue weighted by Gasteiger charge is 2.29. The lowest BCUT2D eigenvalue weighted by molar-refractivity contribution is 0.495. The zero-order valence-electron chi connectivity index (χ0n) is 11.1. The van der Waals surface area contributed by atoms with Gasteiger partial charge in [-0.15, -0.1) is 0 Å². The molecule has 0 atom stereocenters. The number of rotatable bonds is 8. The lowest BCUT2D eigenvalue weighted by Gasteiger charge is -2.30. The second kappa shape index (κ2) is 7.79. The van der Waals surface area contributed by atoms with Crippen molar-refractivity contribution >= 4 is 41.7 Å². The first-order valence-corrected chi connectivity index (χ1v) is 10.4. The minimum Gasteiger partial charge on any atom is -0.229 e. The average molecular weight is 412 g/mol. The van der Waals surface area contributed by atoms with Crippen molar-refractivity contribution in [1.82, 2.24) is 0 Å². The first-order valence-electron chi connectivity index (χ1n) is 6.37. The highest BCUT2D eigenvalue weighted by atomic mass is 79.9. The van der Waals surface area contributed by atoms with E-state index < -0.39 is 9.84 Å². The van der Waals surface area contributed by atoms with Crippen LogP contribution in [0.3, 0.4) is 0 Å². The number of hydrogen-bond donors (Lipinski definition) is 0. The second-order valence-corrected chi connectivity index (χ2v) is 8.35. The number of benzene rings is 1. The van der Waals surface area contributed by atoms with Gasteiger partial charge in [0, 0.05) is 21.8 Å². The molecule has 0 aliphatic rings. The van der Waals surface area contributed by atoms with E-state index in [4.69, 9.17) is 0 Å². The van der Waals surface area contributed by atoms with Gasteiger partial charge >= 0.3 is 0 Å². The van der Waals surface area contributed by atoms with E-state index in [2.05, 4.69) is 44.0 Å². The third-order valence-electron chi connectivity index (χ3n) is 3.45. The predicted molar refractivity (Wildman–Crippen MR) is 89.3 cm³/mol. The SMILES string of the molecule is CCS(=O)(=O)CCCC(CBr)(CBr)c1ccccc1. The van der Waals surface area contributed by atoms with E-state index in [0.29, 0.717) is 6.42 Å². The summed E-state index contributed by atoms with van der Waals surface area (Å²) >= 11 is 7.18. The zero-order chi connectivity index (χ0) is 14.4. The Labute approximate surface area is 133 Å². The van der Waals surface area contributed by atoms with Crippen molar-refractivity contribution < 1.29 is 8.42 Å². The molecular formula is C14H20Br2O2S. The van der Waals surface area contributed by atoms with Crippen LogP contribution in [0.25, 0.3) is 0 Å². The summed E-state index contributed by atoms with van der Waals surface area (Å²) in [6.45, 7) is 1.70. The average Bonchev–Trinajstić information content (AvgIpc) is 2.45. The summed E-state index contributed by atoms with van der Waals surface area (Å²) in [6, 6.07) is 10.3. The van der Waals surface area contributed by atoms with Gasteiger partial charge in [0.2, 0.25) is 0 Å². The number of alkyl halides is 2. The van der Waals surface area contributed by atoms with Gasteiger partial charge in [-0.05, 0) is 18.4 Å². The molecule has 0 saturated heterocycles. The lowest BCUT2D eigenvalue weighted by Crippen LogP contribution is -2.31. The molecule has 0 aliphatic carbocycles. The number of hydrogen-bond acceptors (Lipinski definition) is 2. The molecule has 19 heavy (non-hydrogen) atoms. The van der Waals surface area contributed by atoms with Gasteiger partial charge in [0.25, 0.3) is 0 Å². The molecule has 2 nitrogen and oxygen atoms in total. The Bertz CT molecular complexity index is 467. The van der Waals surface area contributed by atoms with E-state index >= 15 is 0 Å². The Kier molecular flexibility index (Phi) is 7.05. The lowest BCUT2D eigenvalue weighted by atomic mass is 9.81. The maximum absolute atomic E-state index is 11.6. The van der Waals surface area contributed by atoms with E-state index in [-0.39, 0.29) is 16.9 Å². The van der Waals surface area contributed by atoms with E-state index in [0.717, 1.165) is 17.1 Å². The van der Waals surface area contributed by atoms with Crippen LogP contribution in [0.1, 0.15) is 25.3 Å². The van der Waals surface area contributed by atoms with Crippen LogP contribution in [0.15, 0.2) is 30.3 Å². The van der Waals surface area contributed by atoms with Crippen LogP contribution in [-0.4, -0.2) is 30.6 Å². The molecule has 0 fully saturated rings. The van der Waals surface area contributed by atoms with Crippen molar-refractivity contribution in [2.45, 2.75) is 25.2 Å². The fourth-order valence-electron chi connectivity index (χ4n) is 2.03. The van der Waals surface area contributed by atoms with Crippen LogP contribution in [0.2, 0.25) is 0 Å². The maximum Gasteiger partial charge on any atom is 0.150 e. The van der Waals surface area contributed by atoms with Crippen molar-refractivity contribution in [3.05, 3.63) is 35.9 Å². The quantitative estimate of drug-likeness (QED) is 0.607. The largest absolute Gasteiger partial charge is 0.229 e. The monoisotopic (exact) mass is 410 g/mol. The molecule has 1 aromatic rings. The smallest absolute Gasteiger partial charge is 0.150 e. The van der Waals surface area contributed by atoms with Crippen molar-refractivity contribution in [2.24, 2.45) is 0 Å². The molecular weight excluding hydrogens is 392 g/mol. The summed E-state index contributed by atoms with van der Waals surface area (Å²) in [6.07, 6.45) is 1.55. The fourth-order valence-corrected chi connectivity index (χ4v) is 5.04. The molecule has 0 aliphatic heterocycles. The molecule has 0 unspecified atom stereocenters. The van der Waals surface area contributed by atoms with Crippen molar-refractivity contribution in [3.8, 4) is 0 Å². The fraction of sp³-hybridized carbons (Fsp3) is 0.571. The topological polar surface area (TPSA) is 34.1 Å². The molecule has 0 heterocycles. The van der Waals surface area contributed by atoms with Gasteiger partial charge in [-0.1, -0.05) is 69.1 Å². The Hall–Kier alpha value is 0.130. The Balaban J connectivity index is 2.79. The molecule has 5 heteroatoms. The third-order valence-corrected chi connectivity index (χ3v) is 7.39. The van der Waals surface area contributed by atoms with Gasteiger partial charge in [0.1, 0.15) is 9.84 Å². The molecule has 1 aromatic carbocycles. The van der Waals surface area contributed by atoms with Crippen LogP contribution in [0.4, 0.5) is 0 Å². The van der Waals surface area contributed by atoms with Gasteiger partial charge in [-0.25, -0.2) is 8.42 Å². The van der Waals surface area contributed by atoms with Crippen molar-refractivity contribution in [3.63, 3.8) is 0 Å². The molecule has 108 valence electrons. The van der Waals surface area contributed by atoms with E-state index in [1.807, 2.05) is 18.2 Å². The summed E-state index contributed by atoms with van der Waals surface area (Å²) in [7, 11) is -2.87. The maximum atomic E-state index is 11.6. The van der Waals surface area contributed by atoms with Crippen molar-refractivity contribution in [2.75, 3.05) is 22.2 Å². The number of sulfone groups is 1. The van der Waals surface area contributed by atoms with E-state index in [1.165, 1.54) is 5.56 Å². The summed E-state index contributed by atoms with van der Waals surface area (Å²) < 4.78 is 23.1. The molecule has 1 rings (SSSR count). The molecule has 0 spiro atoms. The van der Waals surface area contributed by atoms with Crippen molar-refractivity contribution in [1.29, 1.82) is 0 Å². The van der Waals surface area contributed by atoms with Gasteiger partial charge in [0.15, 0.2) is 0 Å². The Morgan fingerprint density at radius 3 is 2.16 bits per heavy atom. The minimum atomic E-state index is -2.87. The molecule has 0 bridgehead atoms. The summed E-state index contributed by atoms with van der Waals surface area (Å²) in [5, 5.41) is 1.64. The standard InChI is InChI=1S/C14H20Br2O2S/c1-2-19(17,18)10-6-9-14(11-15,12-16)13-7-4-3-5-8-13/h3-5,7-8H,2,6,9-12H2,1H3. The summed E-state index contributed by atoms with van der Waals surface area (Å²) in [5.41, 5.74) is 1.21. The Morgan fingerprint density at radius 1 is 1.11 bits per heavy atom. The van der Waals surface area contributed by atoms with Gasteiger partial charge < -0.3 is 0 Å². The van der Waals surface area contributed by atoms with Crippen LogP contribution < -0.4 is 0 Å². The highest BCUT2D eigenvalue weighted by molar-refractivity contribution is 9.09. The molecule has 0 aromatic heterocycles. The number of halogens is 2. The van der Waals surface area contributed by atoms with Gasteiger partial charge in [0.05, 0.1) is 5.75 Å². The Morgan fingerprint density at radius 2 is 1.68 bits per heavy atom. The minimum absolute atomic E-state index is 0.0372. The van der Waals surface area contributed by atoms with Gasteiger partial charge in [-0.2, -0.15) is 0 Å². The second-order valence-electron chi connectivity index (χ2n) is 4.75. The van der Waals surface area contributed by atoms with Crippen LogP contribution >= 0.6 is 31.9 Å². The van der Waals surface area contributed by atoms with Gasteiger partial charge in [-0.3, -0.25) is 0 Å². The van der Waals surface area contributed by atoms with E-state index in [9.17, 15) is 8.42 Å². The molecule has 0 radical (unpaired) electrons. The first kappa shape index (κ1) is 17.2. The summed E-state index contributed by atoms with van der Waals surface area (Å²) in [4.78, 5) is 0. The summed E-state index contributed by atoms with van der Waals surface area (Å²) in [5.74, 6) is 0.506. The van der Waals surface area contributed by atoms with Crippen LogP contribution in [0.5, 0.6) is 0 Å². The van der Waals surface area contributed by atoms with Crippen LogP contribution in [0, 0.1) is 0 Å². The highest BCUT2D eigenvalue weighted by Crippen LogP contribution is 2.33. The van der Waals surface area contributed by atoms with Crippen LogP contribution in [-0.2, 0) is 15.3 Å². The first-order chi connectivity index (χ1) is 8.99. The third kappa shape index (κ3) is 4.87. The molecule has 0 N–H and O–H groups in total. The normalized spacial score (nSPS) is 12.6. The zero-order valence-corrected chi connectivity index (χ0v) is 15.1. The molecule has 0 saturated carbocycles. The van der Waals surface area contributed by atoms with E-state index in [1.54, 1.807) is 6.92 Å².